The number of anilines is 1. The van der Waals surface area contributed by atoms with Gasteiger partial charge in [0.2, 0.25) is 11.8 Å². The predicted octanol–water partition coefficient (Wildman–Crippen LogP) is 6.85. The Morgan fingerprint density at radius 1 is 0.891 bits per heavy atom. The zero-order valence-corrected chi connectivity index (χ0v) is 28.0. The van der Waals surface area contributed by atoms with E-state index in [4.69, 9.17) is 11.6 Å². The van der Waals surface area contributed by atoms with Gasteiger partial charge in [-0.3, -0.25) is 13.9 Å². The van der Waals surface area contributed by atoms with Crippen LogP contribution in [0.5, 0.6) is 0 Å². The van der Waals surface area contributed by atoms with Gasteiger partial charge >= 0.3 is 0 Å². The minimum absolute atomic E-state index is 0.0127. The quantitative estimate of drug-likeness (QED) is 0.170. The van der Waals surface area contributed by atoms with E-state index in [1.807, 2.05) is 51.1 Å². The third-order valence-corrected chi connectivity index (χ3v) is 10.1. The van der Waals surface area contributed by atoms with Crippen molar-refractivity contribution in [1.29, 1.82) is 0 Å². The first kappa shape index (κ1) is 34.7. The normalized spacial score (nSPS) is 12.7. The molecule has 1 N–H and O–H groups in total. The monoisotopic (exact) mass is 663 g/mol. The molecule has 0 unspecified atom stereocenters. The molecule has 0 aliphatic rings. The van der Waals surface area contributed by atoms with Crippen LogP contribution >= 0.6 is 11.6 Å². The van der Waals surface area contributed by atoms with Gasteiger partial charge in [0.25, 0.3) is 10.0 Å². The van der Waals surface area contributed by atoms with Gasteiger partial charge in [0.05, 0.1) is 10.6 Å². The molecule has 0 saturated carbocycles. The molecule has 10 heteroatoms. The number of amides is 2. The van der Waals surface area contributed by atoms with Crippen molar-refractivity contribution in [2.75, 3.05) is 10.8 Å². The van der Waals surface area contributed by atoms with Crippen molar-refractivity contribution in [3.8, 4) is 0 Å². The highest BCUT2D eigenvalue weighted by atomic mass is 35.5. The van der Waals surface area contributed by atoms with E-state index in [-0.39, 0.29) is 35.2 Å². The average Bonchev–Trinajstić information content (AvgIpc) is 3.04. The smallest absolute Gasteiger partial charge is 0.264 e. The summed E-state index contributed by atoms with van der Waals surface area (Å²) in [5.41, 5.74) is 2.53. The number of halogens is 2. The van der Waals surface area contributed by atoms with Crippen molar-refractivity contribution < 1.29 is 22.4 Å². The third kappa shape index (κ3) is 8.33. The van der Waals surface area contributed by atoms with Crippen molar-refractivity contribution in [3.63, 3.8) is 0 Å². The Kier molecular flexibility index (Phi) is 11.6. The largest absolute Gasteiger partial charge is 0.352 e. The zero-order chi connectivity index (χ0) is 33.4. The molecule has 0 aliphatic heterocycles. The molecular formula is C36H39ClFN3O4S. The molecule has 0 aliphatic carbocycles. The number of nitrogens with one attached hydrogen (secondary N) is 1. The average molecular weight is 664 g/mol. The summed E-state index contributed by atoms with van der Waals surface area (Å²) in [5, 5.41) is 3.30. The Hall–Kier alpha value is -4.21. The van der Waals surface area contributed by atoms with Gasteiger partial charge in [-0.2, -0.15) is 0 Å². The molecule has 242 valence electrons. The molecule has 4 rings (SSSR count). The summed E-state index contributed by atoms with van der Waals surface area (Å²) < 4.78 is 44.6. The number of carbonyl (C=O) groups excluding carboxylic acids is 2. The fraction of sp³-hybridized carbons (Fsp3) is 0.278. The van der Waals surface area contributed by atoms with E-state index in [0.29, 0.717) is 17.0 Å². The molecule has 4 aromatic rings. The number of hydrogen-bond acceptors (Lipinski definition) is 4. The summed E-state index contributed by atoms with van der Waals surface area (Å²) in [5.74, 6) is -1.65. The number of nitrogens with zero attached hydrogens (tertiary/aromatic N) is 2. The van der Waals surface area contributed by atoms with Crippen LogP contribution < -0.4 is 9.62 Å². The van der Waals surface area contributed by atoms with Crippen LogP contribution in [-0.2, 0) is 32.6 Å². The minimum atomic E-state index is -4.29. The van der Waals surface area contributed by atoms with Crippen LogP contribution in [0.2, 0.25) is 5.02 Å². The fourth-order valence-corrected chi connectivity index (χ4v) is 6.66. The van der Waals surface area contributed by atoms with E-state index in [0.717, 1.165) is 15.4 Å². The Bertz CT molecular complexity index is 1770. The predicted molar refractivity (Wildman–Crippen MR) is 181 cm³/mol. The topological polar surface area (TPSA) is 86.8 Å². The second-order valence-electron chi connectivity index (χ2n) is 11.3. The Morgan fingerprint density at radius 2 is 1.54 bits per heavy atom. The highest BCUT2D eigenvalue weighted by molar-refractivity contribution is 7.92. The number of benzene rings is 4. The van der Waals surface area contributed by atoms with Crippen molar-refractivity contribution in [1.82, 2.24) is 10.2 Å². The lowest BCUT2D eigenvalue weighted by Crippen LogP contribution is -2.54. The van der Waals surface area contributed by atoms with E-state index in [9.17, 15) is 18.0 Å². The molecule has 2 atom stereocenters. The van der Waals surface area contributed by atoms with Gasteiger partial charge in [-0.25, -0.2) is 12.8 Å². The van der Waals surface area contributed by atoms with Crippen LogP contribution in [0.1, 0.15) is 42.5 Å². The van der Waals surface area contributed by atoms with Gasteiger partial charge in [0, 0.05) is 29.6 Å². The van der Waals surface area contributed by atoms with Crippen molar-refractivity contribution in [3.05, 3.63) is 130 Å². The highest BCUT2D eigenvalue weighted by Crippen LogP contribution is 2.31. The number of hydrogen-bond donors (Lipinski definition) is 1. The summed E-state index contributed by atoms with van der Waals surface area (Å²) in [7, 11) is -4.29. The number of sulfonamides is 1. The molecule has 0 spiro atoms. The van der Waals surface area contributed by atoms with Gasteiger partial charge in [-0.15, -0.1) is 0 Å². The Balaban J connectivity index is 1.85. The van der Waals surface area contributed by atoms with E-state index >= 15 is 4.39 Å². The summed E-state index contributed by atoms with van der Waals surface area (Å²) in [6.07, 6.45) is 0.784. The van der Waals surface area contributed by atoms with Crippen molar-refractivity contribution in [2.24, 2.45) is 0 Å². The van der Waals surface area contributed by atoms with E-state index in [1.54, 1.807) is 55.5 Å². The van der Waals surface area contributed by atoms with Gasteiger partial charge in [-0.05, 0) is 68.7 Å². The molecule has 2 amide bonds. The lowest BCUT2D eigenvalue weighted by atomic mass is 10.0. The molecule has 0 heterocycles. The summed E-state index contributed by atoms with van der Waals surface area (Å²) in [6.45, 7) is 6.39. The molecule has 0 bridgehead atoms. The van der Waals surface area contributed by atoms with Gasteiger partial charge in [0.1, 0.15) is 18.4 Å². The fourth-order valence-electron chi connectivity index (χ4n) is 5.02. The lowest BCUT2D eigenvalue weighted by Gasteiger charge is -2.34. The second-order valence-corrected chi connectivity index (χ2v) is 13.6. The van der Waals surface area contributed by atoms with E-state index in [1.165, 1.54) is 23.1 Å². The minimum Gasteiger partial charge on any atom is -0.352 e. The Morgan fingerprint density at radius 3 is 2.20 bits per heavy atom. The van der Waals surface area contributed by atoms with E-state index in [2.05, 4.69) is 5.32 Å². The molecular weight excluding hydrogens is 625 g/mol. The van der Waals surface area contributed by atoms with Crippen LogP contribution in [0.4, 0.5) is 10.1 Å². The summed E-state index contributed by atoms with van der Waals surface area (Å²) in [6, 6.07) is 25.1. The second kappa shape index (κ2) is 15.4. The first-order chi connectivity index (χ1) is 21.9. The maximum atomic E-state index is 15.1. The molecule has 7 nitrogen and oxygen atoms in total. The maximum Gasteiger partial charge on any atom is 0.264 e. The van der Waals surface area contributed by atoms with Crippen molar-refractivity contribution >= 4 is 39.1 Å². The van der Waals surface area contributed by atoms with Gasteiger partial charge < -0.3 is 10.2 Å². The lowest BCUT2D eigenvalue weighted by molar-refractivity contribution is -0.140. The van der Waals surface area contributed by atoms with E-state index < -0.39 is 40.2 Å². The first-order valence-corrected chi connectivity index (χ1v) is 17.0. The standard InChI is InChI=1S/C36H39ClFN3O4S/c1-5-26(3)39-36(43)34(22-28-12-7-6-8-13-28)40(23-29-14-9-10-16-32(29)38)35(42)24-41(33-17-11-15-31(37)27(33)4)46(44,45)30-20-18-25(2)19-21-30/h6-21,26,34H,5,22-24H2,1-4H3,(H,39,43)/t26-,34+/m1/s1. The molecule has 0 fully saturated rings. The highest BCUT2D eigenvalue weighted by Gasteiger charge is 2.35. The van der Waals surface area contributed by atoms with Crippen LogP contribution in [0.25, 0.3) is 0 Å². The summed E-state index contributed by atoms with van der Waals surface area (Å²) >= 11 is 6.43. The molecule has 0 aromatic heterocycles. The zero-order valence-electron chi connectivity index (χ0n) is 26.4. The maximum absolute atomic E-state index is 15.1. The Labute approximate surface area is 276 Å². The summed E-state index contributed by atoms with van der Waals surface area (Å²) in [4.78, 5) is 29.7. The molecule has 0 saturated heterocycles. The van der Waals surface area contributed by atoms with Crippen LogP contribution in [0.15, 0.2) is 102 Å². The number of aryl methyl sites for hydroxylation is 1. The van der Waals surface area contributed by atoms with Crippen LogP contribution in [-0.4, -0.2) is 43.8 Å². The van der Waals surface area contributed by atoms with Crippen LogP contribution in [0.3, 0.4) is 0 Å². The first-order valence-electron chi connectivity index (χ1n) is 15.1. The van der Waals surface area contributed by atoms with Crippen LogP contribution in [0, 0.1) is 19.7 Å². The molecule has 46 heavy (non-hydrogen) atoms. The van der Waals surface area contributed by atoms with Crippen molar-refractivity contribution in [2.45, 2.75) is 64.1 Å². The molecule has 4 aromatic carbocycles. The van der Waals surface area contributed by atoms with Gasteiger partial charge in [0.15, 0.2) is 0 Å². The third-order valence-electron chi connectivity index (χ3n) is 7.97. The van der Waals surface area contributed by atoms with Gasteiger partial charge in [-0.1, -0.05) is 90.8 Å². The molecule has 0 radical (unpaired) electrons. The SMILES string of the molecule is CC[C@@H](C)NC(=O)[C@H](Cc1ccccc1)N(Cc1ccccc1F)C(=O)CN(c1cccc(Cl)c1C)S(=O)(=O)c1ccc(C)cc1. The number of rotatable bonds is 13. The number of carbonyl (C=O) groups is 2.